The summed E-state index contributed by atoms with van der Waals surface area (Å²) in [5.41, 5.74) is 0.625. The number of nitrogens with zero attached hydrogens (tertiary/aromatic N) is 1. The largest absolute Gasteiger partial charge is 0.383 e. The van der Waals surface area contributed by atoms with Crippen molar-refractivity contribution in [3.8, 4) is 0 Å². The highest BCUT2D eigenvalue weighted by Crippen LogP contribution is 2.22. The van der Waals surface area contributed by atoms with Crippen molar-refractivity contribution in [1.82, 2.24) is 4.31 Å². The Morgan fingerprint density at radius 3 is 2.50 bits per heavy atom. The molecule has 114 valence electrons. The highest BCUT2D eigenvalue weighted by Gasteiger charge is 2.26. The molecule has 0 N–H and O–H groups in total. The number of halogens is 1. The standard InChI is InChI=1S/C14H22ClNO3S/c1-12(2)11-16(8-9-19-3)20(17,18)14-7-5-4-6-13(14)10-15/h4-7,12H,8-11H2,1-3H3. The Labute approximate surface area is 126 Å². The zero-order chi connectivity index (χ0) is 15.2. The van der Waals surface area contributed by atoms with E-state index in [9.17, 15) is 8.42 Å². The van der Waals surface area contributed by atoms with Crippen molar-refractivity contribution >= 4 is 21.6 Å². The van der Waals surface area contributed by atoms with Gasteiger partial charge in [0.2, 0.25) is 10.0 Å². The molecule has 0 bridgehead atoms. The van der Waals surface area contributed by atoms with Crippen LogP contribution < -0.4 is 0 Å². The molecule has 1 aromatic rings. The van der Waals surface area contributed by atoms with Crippen LogP contribution in [0.25, 0.3) is 0 Å². The number of alkyl halides is 1. The molecule has 0 saturated heterocycles. The Hall–Kier alpha value is -0.620. The van der Waals surface area contributed by atoms with Crippen LogP contribution in [0, 0.1) is 5.92 Å². The van der Waals surface area contributed by atoms with Crippen molar-refractivity contribution in [2.45, 2.75) is 24.6 Å². The molecule has 0 fully saturated rings. The third kappa shape index (κ3) is 4.45. The van der Waals surface area contributed by atoms with Crippen LogP contribution in [-0.4, -0.2) is 39.5 Å². The van der Waals surface area contributed by atoms with E-state index in [0.29, 0.717) is 25.3 Å². The lowest BCUT2D eigenvalue weighted by Gasteiger charge is -2.24. The van der Waals surface area contributed by atoms with Crippen molar-refractivity contribution in [3.05, 3.63) is 29.8 Å². The van der Waals surface area contributed by atoms with Crippen LogP contribution in [0.4, 0.5) is 0 Å². The molecule has 1 aromatic carbocycles. The molecule has 0 aliphatic heterocycles. The molecule has 0 aliphatic carbocycles. The molecule has 20 heavy (non-hydrogen) atoms. The van der Waals surface area contributed by atoms with Gasteiger partial charge in [-0.25, -0.2) is 8.42 Å². The van der Waals surface area contributed by atoms with Gasteiger partial charge in [0.1, 0.15) is 0 Å². The van der Waals surface area contributed by atoms with Crippen LogP contribution in [0.2, 0.25) is 0 Å². The summed E-state index contributed by atoms with van der Waals surface area (Å²) in [7, 11) is -1.98. The first-order chi connectivity index (χ1) is 9.43. The summed E-state index contributed by atoms with van der Waals surface area (Å²) in [5, 5.41) is 0. The SMILES string of the molecule is COCCN(CC(C)C)S(=O)(=O)c1ccccc1CCl. The molecule has 0 unspecified atom stereocenters. The van der Waals surface area contributed by atoms with E-state index in [4.69, 9.17) is 16.3 Å². The van der Waals surface area contributed by atoms with Gasteiger partial charge in [-0.1, -0.05) is 32.0 Å². The van der Waals surface area contributed by atoms with E-state index in [0.717, 1.165) is 0 Å². The molecule has 1 rings (SSSR count). The first-order valence-electron chi connectivity index (χ1n) is 6.56. The molecular weight excluding hydrogens is 298 g/mol. The van der Waals surface area contributed by atoms with E-state index >= 15 is 0 Å². The Morgan fingerprint density at radius 1 is 1.30 bits per heavy atom. The van der Waals surface area contributed by atoms with E-state index < -0.39 is 10.0 Å². The van der Waals surface area contributed by atoms with Gasteiger partial charge in [0, 0.05) is 26.1 Å². The van der Waals surface area contributed by atoms with Crippen LogP contribution >= 0.6 is 11.6 Å². The summed E-state index contributed by atoms with van der Waals surface area (Å²) >= 11 is 5.85. The smallest absolute Gasteiger partial charge is 0.243 e. The molecule has 4 nitrogen and oxygen atoms in total. The minimum atomic E-state index is -3.54. The fourth-order valence-electron chi connectivity index (χ4n) is 1.91. The van der Waals surface area contributed by atoms with Crippen LogP contribution in [-0.2, 0) is 20.6 Å². The normalized spacial score (nSPS) is 12.3. The third-order valence-electron chi connectivity index (χ3n) is 2.85. The van der Waals surface area contributed by atoms with E-state index in [-0.39, 0.29) is 16.7 Å². The molecule has 0 saturated carbocycles. The maximum atomic E-state index is 12.8. The first kappa shape index (κ1) is 17.4. The van der Waals surface area contributed by atoms with Crippen molar-refractivity contribution in [2.75, 3.05) is 26.8 Å². The molecule has 0 atom stereocenters. The van der Waals surface area contributed by atoms with Crippen molar-refractivity contribution in [3.63, 3.8) is 0 Å². The second-order valence-corrected chi connectivity index (χ2v) is 7.16. The van der Waals surface area contributed by atoms with Crippen molar-refractivity contribution < 1.29 is 13.2 Å². The molecule has 0 aliphatic rings. The number of rotatable bonds is 8. The van der Waals surface area contributed by atoms with Gasteiger partial charge in [0.25, 0.3) is 0 Å². The average Bonchev–Trinajstić information content (AvgIpc) is 2.42. The third-order valence-corrected chi connectivity index (χ3v) is 5.10. The monoisotopic (exact) mass is 319 g/mol. The number of hydrogen-bond acceptors (Lipinski definition) is 3. The topological polar surface area (TPSA) is 46.6 Å². The first-order valence-corrected chi connectivity index (χ1v) is 8.54. The minimum Gasteiger partial charge on any atom is -0.383 e. The Bertz CT molecular complexity index is 517. The Kier molecular flexibility index (Phi) is 6.95. The van der Waals surface area contributed by atoms with Gasteiger partial charge in [-0.3, -0.25) is 0 Å². The zero-order valence-corrected chi connectivity index (χ0v) is 13.7. The molecule has 0 radical (unpaired) electrons. The number of ether oxygens (including phenoxy) is 1. The molecule has 6 heteroatoms. The predicted molar refractivity (Wildman–Crippen MR) is 81.5 cm³/mol. The lowest BCUT2D eigenvalue weighted by molar-refractivity contribution is 0.175. The average molecular weight is 320 g/mol. The van der Waals surface area contributed by atoms with E-state index in [2.05, 4.69) is 0 Å². The number of benzene rings is 1. The van der Waals surface area contributed by atoms with E-state index in [1.807, 2.05) is 13.8 Å². The van der Waals surface area contributed by atoms with Gasteiger partial charge in [-0.2, -0.15) is 4.31 Å². The highest BCUT2D eigenvalue weighted by atomic mass is 35.5. The van der Waals surface area contributed by atoms with Gasteiger partial charge >= 0.3 is 0 Å². The van der Waals surface area contributed by atoms with E-state index in [1.54, 1.807) is 31.4 Å². The molecular formula is C14H22ClNO3S. The van der Waals surface area contributed by atoms with Gasteiger partial charge in [0.15, 0.2) is 0 Å². The van der Waals surface area contributed by atoms with Crippen LogP contribution in [0.15, 0.2) is 29.2 Å². The fraction of sp³-hybridized carbons (Fsp3) is 0.571. The van der Waals surface area contributed by atoms with Crippen LogP contribution in [0.3, 0.4) is 0 Å². The maximum Gasteiger partial charge on any atom is 0.243 e. The predicted octanol–water partition coefficient (Wildman–Crippen LogP) is 2.72. The van der Waals surface area contributed by atoms with Gasteiger partial charge in [0.05, 0.1) is 11.5 Å². The van der Waals surface area contributed by atoms with Crippen LogP contribution in [0.5, 0.6) is 0 Å². The summed E-state index contributed by atoms with van der Waals surface area (Å²) in [5.74, 6) is 0.416. The van der Waals surface area contributed by atoms with Crippen molar-refractivity contribution in [2.24, 2.45) is 5.92 Å². The highest BCUT2D eigenvalue weighted by molar-refractivity contribution is 7.89. The summed E-state index contributed by atoms with van der Waals surface area (Å²) in [6.07, 6.45) is 0. The lowest BCUT2D eigenvalue weighted by Crippen LogP contribution is -2.37. The summed E-state index contributed by atoms with van der Waals surface area (Å²) in [6.45, 7) is 5.15. The minimum absolute atomic E-state index is 0.176. The van der Waals surface area contributed by atoms with Gasteiger partial charge < -0.3 is 4.74 Å². The molecule has 0 amide bonds. The van der Waals surface area contributed by atoms with Crippen molar-refractivity contribution in [1.29, 1.82) is 0 Å². The summed E-state index contributed by atoms with van der Waals surface area (Å²) in [4.78, 5) is 0.284. The maximum absolute atomic E-state index is 12.8. The molecule has 0 heterocycles. The van der Waals surface area contributed by atoms with Gasteiger partial charge in [-0.15, -0.1) is 11.6 Å². The second kappa shape index (κ2) is 7.98. The fourth-order valence-corrected chi connectivity index (χ4v) is 4.04. The zero-order valence-electron chi connectivity index (χ0n) is 12.2. The summed E-state index contributed by atoms with van der Waals surface area (Å²) < 4.78 is 32.0. The summed E-state index contributed by atoms with van der Waals surface area (Å²) in [6, 6.07) is 6.85. The number of sulfonamides is 1. The quantitative estimate of drug-likeness (QED) is 0.692. The number of methoxy groups -OCH3 is 1. The second-order valence-electron chi connectivity index (χ2n) is 4.99. The molecule has 0 aromatic heterocycles. The Balaban J connectivity index is 3.14. The van der Waals surface area contributed by atoms with Crippen LogP contribution in [0.1, 0.15) is 19.4 Å². The Morgan fingerprint density at radius 2 is 1.95 bits per heavy atom. The van der Waals surface area contributed by atoms with E-state index in [1.165, 1.54) is 4.31 Å². The number of hydrogen-bond donors (Lipinski definition) is 0. The van der Waals surface area contributed by atoms with Gasteiger partial charge in [-0.05, 0) is 17.5 Å². The molecule has 0 spiro atoms. The lowest BCUT2D eigenvalue weighted by atomic mass is 10.2.